The number of hydrogen-bond donors (Lipinski definition) is 4. The Labute approximate surface area is 174 Å². The summed E-state index contributed by atoms with van der Waals surface area (Å²) in [5.41, 5.74) is -0.908. The Kier molecular flexibility index (Phi) is 10.5. The Hall–Kier alpha value is -2.41. The number of carboxylic acids is 2. The van der Waals surface area contributed by atoms with Crippen LogP contribution < -0.4 is 10.6 Å². The third-order valence-electron chi connectivity index (χ3n) is 3.73. The SMILES string of the molecule is O=C(CNCCN1CCOCC1)Nc1ccc(Cl)c(C(F)(F)F)c1.O=C(O)C(=O)O. The van der Waals surface area contributed by atoms with E-state index in [4.69, 9.17) is 36.1 Å². The van der Waals surface area contributed by atoms with E-state index in [1.165, 1.54) is 6.07 Å². The van der Waals surface area contributed by atoms with Crippen molar-refractivity contribution >= 4 is 35.1 Å². The number of halogens is 4. The van der Waals surface area contributed by atoms with Gasteiger partial charge in [0, 0.05) is 31.9 Å². The molecule has 0 saturated carbocycles. The van der Waals surface area contributed by atoms with Crippen molar-refractivity contribution in [1.82, 2.24) is 10.2 Å². The smallest absolute Gasteiger partial charge is 0.417 e. The maximum Gasteiger partial charge on any atom is 0.417 e. The molecule has 168 valence electrons. The van der Waals surface area contributed by atoms with Crippen molar-refractivity contribution in [2.45, 2.75) is 6.18 Å². The van der Waals surface area contributed by atoms with Gasteiger partial charge in [-0.05, 0) is 18.2 Å². The molecule has 9 nitrogen and oxygen atoms in total. The lowest BCUT2D eigenvalue weighted by atomic mass is 10.2. The quantitative estimate of drug-likeness (QED) is 0.374. The largest absolute Gasteiger partial charge is 0.473 e. The van der Waals surface area contributed by atoms with E-state index in [9.17, 15) is 18.0 Å². The van der Waals surface area contributed by atoms with Crippen molar-refractivity contribution < 1.29 is 42.5 Å². The predicted octanol–water partition coefficient (Wildman–Crippen LogP) is 1.37. The second-order valence-corrected chi connectivity index (χ2v) is 6.39. The van der Waals surface area contributed by atoms with Crippen molar-refractivity contribution in [3.05, 3.63) is 28.8 Å². The molecule has 1 aromatic carbocycles. The van der Waals surface area contributed by atoms with E-state index in [-0.39, 0.29) is 12.2 Å². The molecular formula is C17H21ClF3N3O6. The van der Waals surface area contributed by atoms with Crippen LogP contribution in [0.2, 0.25) is 5.02 Å². The van der Waals surface area contributed by atoms with Crippen molar-refractivity contribution in [2.24, 2.45) is 0 Å². The molecule has 0 atom stereocenters. The summed E-state index contributed by atoms with van der Waals surface area (Å²) in [6, 6.07) is 3.28. The lowest BCUT2D eigenvalue weighted by molar-refractivity contribution is -0.159. The van der Waals surface area contributed by atoms with Crippen LogP contribution >= 0.6 is 11.6 Å². The van der Waals surface area contributed by atoms with Crippen molar-refractivity contribution in [1.29, 1.82) is 0 Å². The van der Waals surface area contributed by atoms with E-state index < -0.39 is 34.6 Å². The number of benzene rings is 1. The van der Waals surface area contributed by atoms with Gasteiger partial charge in [-0.15, -0.1) is 0 Å². The average Bonchev–Trinajstić information content (AvgIpc) is 2.67. The number of ether oxygens (including phenoxy) is 1. The molecule has 4 N–H and O–H groups in total. The van der Waals surface area contributed by atoms with Crippen LogP contribution in [0, 0.1) is 0 Å². The molecule has 1 aliphatic heterocycles. The summed E-state index contributed by atoms with van der Waals surface area (Å²) >= 11 is 5.54. The molecule has 0 spiro atoms. The van der Waals surface area contributed by atoms with E-state index >= 15 is 0 Å². The second kappa shape index (κ2) is 12.3. The molecule has 1 aliphatic rings. The lowest BCUT2D eigenvalue weighted by Gasteiger charge is -2.26. The van der Waals surface area contributed by atoms with Crippen LogP contribution in [0.25, 0.3) is 0 Å². The number of amides is 1. The number of alkyl halides is 3. The molecule has 0 radical (unpaired) electrons. The van der Waals surface area contributed by atoms with Gasteiger partial charge < -0.3 is 25.6 Å². The molecule has 30 heavy (non-hydrogen) atoms. The Bertz CT molecular complexity index is 730. The Morgan fingerprint density at radius 1 is 1.13 bits per heavy atom. The van der Waals surface area contributed by atoms with Crippen LogP contribution in [0.5, 0.6) is 0 Å². The summed E-state index contributed by atoms with van der Waals surface area (Å²) in [6.45, 7) is 4.56. The van der Waals surface area contributed by atoms with E-state index in [0.717, 1.165) is 31.8 Å². The minimum atomic E-state index is -4.56. The Morgan fingerprint density at radius 2 is 1.73 bits per heavy atom. The molecule has 0 aromatic heterocycles. The maximum atomic E-state index is 12.8. The van der Waals surface area contributed by atoms with Crippen LogP contribution in [0.4, 0.5) is 18.9 Å². The fraction of sp³-hybridized carbons (Fsp3) is 0.471. The van der Waals surface area contributed by atoms with Gasteiger partial charge in [0.25, 0.3) is 0 Å². The molecule has 1 heterocycles. The molecule has 13 heteroatoms. The molecule has 0 unspecified atom stereocenters. The highest BCUT2D eigenvalue weighted by Crippen LogP contribution is 2.36. The minimum absolute atomic E-state index is 0.0221. The second-order valence-electron chi connectivity index (χ2n) is 5.98. The summed E-state index contributed by atoms with van der Waals surface area (Å²) in [6.07, 6.45) is -4.56. The molecule has 1 fully saturated rings. The fourth-order valence-corrected chi connectivity index (χ4v) is 2.51. The van der Waals surface area contributed by atoms with Gasteiger partial charge >= 0.3 is 18.1 Å². The predicted molar refractivity (Wildman–Crippen MR) is 100 cm³/mol. The zero-order valence-electron chi connectivity index (χ0n) is 15.7. The first-order chi connectivity index (χ1) is 14.0. The van der Waals surface area contributed by atoms with Crippen molar-refractivity contribution in [3.63, 3.8) is 0 Å². The summed E-state index contributed by atoms with van der Waals surface area (Å²) in [4.78, 5) is 32.2. The summed E-state index contributed by atoms with van der Waals surface area (Å²) in [5, 5.41) is 19.8. The number of aliphatic carboxylic acids is 2. The number of nitrogens with one attached hydrogen (secondary N) is 2. The topological polar surface area (TPSA) is 128 Å². The molecule has 1 aromatic rings. The van der Waals surface area contributed by atoms with Gasteiger partial charge in [0.2, 0.25) is 5.91 Å². The van der Waals surface area contributed by atoms with E-state index in [0.29, 0.717) is 19.8 Å². The number of nitrogens with zero attached hydrogens (tertiary/aromatic N) is 1. The first-order valence-electron chi connectivity index (χ1n) is 8.64. The first-order valence-corrected chi connectivity index (χ1v) is 9.02. The van der Waals surface area contributed by atoms with Crippen LogP contribution in [0.15, 0.2) is 18.2 Å². The summed E-state index contributed by atoms with van der Waals surface area (Å²) in [7, 11) is 0. The number of hydrogen-bond acceptors (Lipinski definition) is 6. The summed E-state index contributed by atoms with van der Waals surface area (Å²) < 4.78 is 43.5. The molecule has 2 rings (SSSR count). The molecular weight excluding hydrogens is 435 g/mol. The van der Waals surface area contributed by atoms with Crippen LogP contribution in [0.3, 0.4) is 0 Å². The third-order valence-corrected chi connectivity index (χ3v) is 4.06. The molecule has 0 aliphatic carbocycles. The highest BCUT2D eigenvalue weighted by molar-refractivity contribution is 6.31. The van der Waals surface area contributed by atoms with Gasteiger partial charge in [-0.3, -0.25) is 9.69 Å². The van der Waals surface area contributed by atoms with E-state index in [2.05, 4.69) is 15.5 Å². The minimum Gasteiger partial charge on any atom is -0.473 e. The van der Waals surface area contributed by atoms with Gasteiger partial charge in [-0.1, -0.05) is 11.6 Å². The monoisotopic (exact) mass is 455 g/mol. The molecule has 1 saturated heterocycles. The number of carbonyl (C=O) groups excluding carboxylic acids is 1. The number of rotatable bonds is 6. The Morgan fingerprint density at radius 3 is 2.27 bits per heavy atom. The number of carboxylic acid groups (broad SMARTS) is 2. The Balaban J connectivity index is 0.000000656. The maximum absolute atomic E-state index is 12.8. The van der Waals surface area contributed by atoms with E-state index in [1.807, 2.05) is 0 Å². The van der Waals surface area contributed by atoms with E-state index in [1.54, 1.807) is 0 Å². The normalized spacial score (nSPS) is 14.4. The van der Waals surface area contributed by atoms with Crippen LogP contribution in [0.1, 0.15) is 5.56 Å². The fourth-order valence-electron chi connectivity index (χ4n) is 2.29. The average molecular weight is 456 g/mol. The zero-order chi connectivity index (χ0) is 22.7. The highest BCUT2D eigenvalue weighted by atomic mass is 35.5. The highest BCUT2D eigenvalue weighted by Gasteiger charge is 2.33. The standard InChI is InChI=1S/C15H19ClF3N3O2.C2H2O4/c16-13-2-1-11(9-12(13)15(17,18)19)21-14(23)10-20-3-4-22-5-7-24-8-6-22;3-1(4)2(5)6/h1-2,9,20H,3-8,10H2,(H,21,23);(H,3,4)(H,5,6). The molecule has 1 amide bonds. The first kappa shape index (κ1) is 25.6. The lowest BCUT2D eigenvalue weighted by Crippen LogP contribution is -2.41. The van der Waals surface area contributed by atoms with Gasteiger partial charge in [-0.2, -0.15) is 13.2 Å². The van der Waals surface area contributed by atoms with Crippen molar-refractivity contribution in [3.8, 4) is 0 Å². The molecule has 0 bridgehead atoms. The number of carbonyl (C=O) groups is 3. The van der Waals surface area contributed by atoms with Gasteiger partial charge in [-0.25, -0.2) is 9.59 Å². The zero-order valence-corrected chi connectivity index (χ0v) is 16.4. The summed E-state index contributed by atoms with van der Waals surface area (Å²) in [5.74, 6) is -4.06. The van der Waals surface area contributed by atoms with Gasteiger partial charge in [0.1, 0.15) is 0 Å². The third kappa shape index (κ3) is 9.87. The van der Waals surface area contributed by atoms with Gasteiger partial charge in [0.05, 0.1) is 30.3 Å². The van der Waals surface area contributed by atoms with Crippen molar-refractivity contribution in [2.75, 3.05) is 51.3 Å². The van der Waals surface area contributed by atoms with Crippen LogP contribution in [-0.4, -0.2) is 78.9 Å². The number of anilines is 1. The number of morpholine rings is 1. The van der Waals surface area contributed by atoms with Crippen LogP contribution in [-0.2, 0) is 25.3 Å². The van der Waals surface area contributed by atoms with Gasteiger partial charge in [0.15, 0.2) is 0 Å².